The molecule has 6 nitrogen and oxygen atoms in total. The van der Waals surface area contributed by atoms with Crippen LogP contribution in [0.2, 0.25) is 5.02 Å². The monoisotopic (exact) mass is 366 g/mol. The second kappa shape index (κ2) is 6.94. The van der Waals surface area contributed by atoms with E-state index in [9.17, 15) is 8.42 Å². The van der Waals surface area contributed by atoms with Gasteiger partial charge in [0, 0.05) is 30.9 Å². The Morgan fingerprint density at radius 1 is 1.29 bits per heavy atom. The molecule has 0 bridgehead atoms. The SMILES string of the molecule is CN(c1ccnc(NCc2ccc(Cl)cc2)n1)C1CCS(=O)(=O)C1. The molecule has 1 aromatic heterocycles. The maximum atomic E-state index is 11.6. The molecular formula is C16H19ClN4O2S. The number of anilines is 2. The van der Waals surface area contributed by atoms with Crippen LogP contribution in [0.1, 0.15) is 12.0 Å². The van der Waals surface area contributed by atoms with Gasteiger partial charge in [0.15, 0.2) is 9.84 Å². The maximum absolute atomic E-state index is 11.6. The number of sulfone groups is 1. The minimum Gasteiger partial charge on any atom is -0.355 e. The highest BCUT2D eigenvalue weighted by atomic mass is 35.5. The minimum absolute atomic E-state index is 0.0333. The lowest BCUT2D eigenvalue weighted by Crippen LogP contribution is -2.33. The van der Waals surface area contributed by atoms with Crippen molar-refractivity contribution in [2.24, 2.45) is 0 Å². The molecule has 0 radical (unpaired) electrons. The Kier molecular flexibility index (Phi) is 4.91. The standard InChI is InChI=1S/C16H19ClN4O2S/c1-21(14-7-9-24(22,23)11-14)15-6-8-18-16(20-15)19-10-12-2-4-13(17)5-3-12/h2-6,8,14H,7,9-11H2,1H3,(H,18,19,20). The van der Waals surface area contributed by atoms with E-state index in [0.29, 0.717) is 29.8 Å². The van der Waals surface area contributed by atoms with Crippen molar-refractivity contribution in [2.45, 2.75) is 19.0 Å². The van der Waals surface area contributed by atoms with Gasteiger partial charge in [0.1, 0.15) is 5.82 Å². The van der Waals surface area contributed by atoms with E-state index in [1.54, 1.807) is 12.3 Å². The molecule has 0 aliphatic carbocycles. The van der Waals surface area contributed by atoms with E-state index in [1.807, 2.05) is 36.2 Å². The molecule has 0 spiro atoms. The predicted molar refractivity (Wildman–Crippen MR) is 96.3 cm³/mol. The van der Waals surface area contributed by atoms with Crippen LogP contribution in [-0.2, 0) is 16.4 Å². The molecule has 128 valence electrons. The summed E-state index contributed by atoms with van der Waals surface area (Å²) in [6.07, 6.45) is 2.31. The molecule has 24 heavy (non-hydrogen) atoms. The van der Waals surface area contributed by atoms with E-state index >= 15 is 0 Å². The van der Waals surface area contributed by atoms with E-state index in [2.05, 4.69) is 15.3 Å². The number of nitrogens with one attached hydrogen (secondary N) is 1. The van der Waals surface area contributed by atoms with E-state index in [4.69, 9.17) is 11.6 Å². The first-order valence-electron chi connectivity index (χ1n) is 7.67. The van der Waals surface area contributed by atoms with Gasteiger partial charge in [-0.15, -0.1) is 0 Å². The fraction of sp³-hybridized carbons (Fsp3) is 0.375. The molecule has 0 amide bonds. The van der Waals surface area contributed by atoms with Crippen LogP contribution in [0.5, 0.6) is 0 Å². The summed E-state index contributed by atoms with van der Waals surface area (Å²) in [5.41, 5.74) is 1.07. The van der Waals surface area contributed by atoms with Crippen molar-refractivity contribution in [1.29, 1.82) is 0 Å². The van der Waals surface area contributed by atoms with Gasteiger partial charge in [-0.25, -0.2) is 13.4 Å². The lowest BCUT2D eigenvalue weighted by molar-refractivity contribution is 0.600. The molecule has 1 aromatic carbocycles. The summed E-state index contributed by atoms with van der Waals surface area (Å²) in [4.78, 5) is 10.6. The Morgan fingerprint density at radius 3 is 2.71 bits per heavy atom. The van der Waals surface area contributed by atoms with Gasteiger partial charge in [0.05, 0.1) is 11.5 Å². The maximum Gasteiger partial charge on any atom is 0.224 e. The van der Waals surface area contributed by atoms with Gasteiger partial charge in [-0.05, 0) is 30.2 Å². The molecule has 1 saturated heterocycles. The van der Waals surface area contributed by atoms with Gasteiger partial charge in [-0.1, -0.05) is 23.7 Å². The largest absolute Gasteiger partial charge is 0.355 e. The summed E-state index contributed by atoms with van der Waals surface area (Å²) in [6.45, 7) is 0.585. The number of hydrogen-bond acceptors (Lipinski definition) is 6. The van der Waals surface area contributed by atoms with Crippen LogP contribution in [0.4, 0.5) is 11.8 Å². The van der Waals surface area contributed by atoms with Crippen molar-refractivity contribution < 1.29 is 8.42 Å². The van der Waals surface area contributed by atoms with E-state index in [1.165, 1.54) is 0 Å². The van der Waals surface area contributed by atoms with Crippen molar-refractivity contribution in [1.82, 2.24) is 9.97 Å². The third-order valence-corrected chi connectivity index (χ3v) is 6.12. The van der Waals surface area contributed by atoms with Gasteiger partial charge < -0.3 is 10.2 Å². The minimum atomic E-state index is -2.92. The molecule has 2 heterocycles. The summed E-state index contributed by atoms with van der Waals surface area (Å²) in [7, 11) is -1.05. The fourth-order valence-electron chi connectivity index (χ4n) is 2.68. The zero-order chi connectivity index (χ0) is 17.2. The van der Waals surface area contributed by atoms with Crippen molar-refractivity contribution in [3.05, 3.63) is 47.1 Å². The predicted octanol–water partition coefficient (Wildman–Crippen LogP) is 2.37. The summed E-state index contributed by atoms with van der Waals surface area (Å²) < 4.78 is 23.3. The molecule has 3 rings (SSSR count). The van der Waals surface area contributed by atoms with Gasteiger partial charge in [0.2, 0.25) is 5.95 Å². The first-order valence-corrected chi connectivity index (χ1v) is 9.87. The van der Waals surface area contributed by atoms with Crippen LogP contribution in [0, 0.1) is 0 Å². The Morgan fingerprint density at radius 2 is 2.04 bits per heavy atom. The van der Waals surface area contributed by atoms with Crippen molar-refractivity contribution >= 4 is 33.2 Å². The van der Waals surface area contributed by atoms with Crippen molar-refractivity contribution in [2.75, 3.05) is 28.8 Å². The Hall–Kier alpha value is -1.86. The molecular weight excluding hydrogens is 348 g/mol. The first kappa shape index (κ1) is 17.0. The van der Waals surface area contributed by atoms with Crippen LogP contribution in [0.25, 0.3) is 0 Å². The number of rotatable bonds is 5. The molecule has 1 fully saturated rings. The Bertz CT molecular complexity index is 811. The quantitative estimate of drug-likeness (QED) is 0.875. The van der Waals surface area contributed by atoms with Crippen LogP contribution in [-0.4, -0.2) is 43.0 Å². The molecule has 8 heteroatoms. The van der Waals surface area contributed by atoms with Crippen molar-refractivity contribution in [3.8, 4) is 0 Å². The first-order chi connectivity index (χ1) is 11.4. The summed E-state index contributed by atoms with van der Waals surface area (Å²) in [6, 6.07) is 9.31. The zero-order valence-corrected chi connectivity index (χ0v) is 14.9. The molecule has 0 saturated carbocycles. The average Bonchev–Trinajstić information content (AvgIpc) is 2.94. The van der Waals surface area contributed by atoms with Gasteiger partial charge in [0.25, 0.3) is 0 Å². The second-order valence-corrected chi connectivity index (χ2v) is 8.55. The fourth-order valence-corrected chi connectivity index (χ4v) is 4.58. The zero-order valence-electron chi connectivity index (χ0n) is 13.3. The van der Waals surface area contributed by atoms with Crippen LogP contribution in [0.15, 0.2) is 36.5 Å². The average molecular weight is 367 g/mol. The number of hydrogen-bond donors (Lipinski definition) is 1. The molecule has 1 atom stereocenters. The highest BCUT2D eigenvalue weighted by Crippen LogP contribution is 2.22. The lowest BCUT2D eigenvalue weighted by Gasteiger charge is -2.24. The smallest absolute Gasteiger partial charge is 0.224 e. The van der Waals surface area contributed by atoms with Crippen LogP contribution in [0.3, 0.4) is 0 Å². The highest BCUT2D eigenvalue weighted by Gasteiger charge is 2.31. The highest BCUT2D eigenvalue weighted by molar-refractivity contribution is 7.91. The molecule has 1 aliphatic heterocycles. The third kappa shape index (κ3) is 4.15. The normalized spacial score (nSPS) is 19.2. The lowest BCUT2D eigenvalue weighted by atomic mass is 10.2. The molecule has 2 aromatic rings. The van der Waals surface area contributed by atoms with Gasteiger partial charge in [-0.2, -0.15) is 4.98 Å². The summed E-state index contributed by atoms with van der Waals surface area (Å²) in [5, 5.41) is 3.87. The van der Waals surface area contributed by atoms with E-state index < -0.39 is 9.84 Å². The molecule has 1 N–H and O–H groups in total. The van der Waals surface area contributed by atoms with E-state index in [0.717, 1.165) is 5.56 Å². The molecule has 1 aliphatic rings. The Balaban J connectivity index is 1.66. The van der Waals surface area contributed by atoms with Crippen molar-refractivity contribution in [3.63, 3.8) is 0 Å². The second-order valence-electron chi connectivity index (χ2n) is 5.89. The number of aromatic nitrogens is 2. The summed E-state index contributed by atoms with van der Waals surface area (Å²) >= 11 is 5.87. The van der Waals surface area contributed by atoms with Crippen LogP contribution < -0.4 is 10.2 Å². The Labute approximate surface area is 146 Å². The van der Waals surface area contributed by atoms with Gasteiger partial charge in [-0.3, -0.25) is 0 Å². The number of benzene rings is 1. The summed E-state index contributed by atoms with van der Waals surface area (Å²) in [5.74, 6) is 1.65. The van der Waals surface area contributed by atoms with Gasteiger partial charge >= 0.3 is 0 Å². The number of nitrogens with zero attached hydrogens (tertiary/aromatic N) is 3. The number of halogens is 1. The van der Waals surface area contributed by atoms with E-state index in [-0.39, 0.29) is 17.5 Å². The topological polar surface area (TPSA) is 75.2 Å². The third-order valence-electron chi connectivity index (χ3n) is 4.12. The van der Waals surface area contributed by atoms with Crippen LogP contribution >= 0.6 is 11.6 Å². The molecule has 1 unspecified atom stereocenters.